The molecule has 1 aromatic rings. The highest BCUT2D eigenvalue weighted by Gasteiger charge is 2.49. The summed E-state index contributed by atoms with van der Waals surface area (Å²) in [6.45, 7) is 2.59. The first-order valence-corrected chi connectivity index (χ1v) is 7.88. The van der Waals surface area contributed by atoms with Crippen LogP contribution in [0.4, 0.5) is 18.9 Å². The fourth-order valence-electron chi connectivity index (χ4n) is 1.41. The van der Waals surface area contributed by atoms with Crippen LogP contribution in [-0.2, 0) is 26.3 Å². The molecule has 1 aromatic carbocycles. The van der Waals surface area contributed by atoms with Crippen LogP contribution < -0.4 is 4.18 Å². The summed E-state index contributed by atoms with van der Waals surface area (Å²) in [5.74, 6) is -1.86. The van der Waals surface area contributed by atoms with E-state index in [-0.39, 0.29) is 11.1 Å². The molecule has 0 N–H and O–H groups in total. The third-order valence-electron chi connectivity index (χ3n) is 2.83. The van der Waals surface area contributed by atoms with Crippen molar-refractivity contribution >= 4 is 21.8 Å². The first-order valence-electron chi connectivity index (χ1n) is 6.47. The summed E-state index contributed by atoms with van der Waals surface area (Å²) >= 11 is 0. The molecule has 0 atom stereocenters. The van der Waals surface area contributed by atoms with Crippen molar-refractivity contribution in [3.8, 4) is 5.75 Å². The van der Waals surface area contributed by atoms with E-state index in [1.165, 1.54) is 13.0 Å². The fraction of sp³-hybridized carbons (Fsp3) is 0.308. The number of esters is 1. The van der Waals surface area contributed by atoms with Gasteiger partial charge in [0.15, 0.2) is 0 Å². The van der Waals surface area contributed by atoms with Crippen LogP contribution in [0.25, 0.3) is 0 Å². The predicted molar refractivity (Wildman–Crippen MR) is 77.9 cm³/mol. The molecule has 0 aliphatic carbocycles. The lowest BCUT2D eigenvalue weighted by Crippen LogP contribution is -2.28. The topological polar surface area (TPSA) is 113 Å². The van der Waals surface area contributed by atoms with Crippen LogP contribution in [0, 0.1) is 10.1 Å². The lowest BCUT2D eigenvalue weighted by molar-refractivity contribution is -0.385. The molecular weight excluding hydrogens is 371 g/mol. The second-order valence-corrected chi connectivity index (χ2v) is 6.13. The van der Waals surface area contributed by atoms with E-state index in [9.17, 15) is 36.5 Å². The molecule has 1 rings (SSSR count). The van der Waals surface area contributed by atoms with Gasteiger partial charge in [0.05, 0.1) is 4.92 Å². The number of carbonyl (C=O) groups is 1. The Labute approximate surface area is 140 Å². The average molecular weight is 383 g/mol. The Balaban J connectivity index is 3.15. The molecule has 0 aromatic heterocycles. The molecule has 0 aliphatic rings. The third kappa shape index (κ3) is 5.17. The van der Waals surface area contributed by atoms with Gasteiger partial charge in [0.1, 0.15) is 6.61 Å². The average Bonchev–Trinajstić information content (AvgIpc) is 2.50. The van der Waals surface area contributed by atoms with Gasteiger partial charge in [-0.05, 0) is 31.5 Å². The van der Waals surface area contributed by atoms with Crippen LogP contribution in [0.1, 0.15) is 19.4 Å². The highest BCUT2D eigenvalue weighted by atomic mass is 32.2. The van der Waals surface area contributed by atoms with Crippen LogP contribution in [0.15, 0.2) is 29.8 Å². The van der Waals surface area contributed by atoms with Crippen LogP contribution >= 0.6 is 0 Å². The van der Waals surface area contributed by atoms with E-state index in [0.717, 1.165) is 12.1 Å². The van der Waals surface area contributed by atoms with Crippen LogP contribution in [0.3, 0.4) is 0 Å². The number of halogens is 3. The van der Waals surface area contributed by atoms with Gasteiger partial charge in [-0.3, -0.25) is 10.1 Å². The number of hydrogen-bond acceptors (Lipinski definition) is 7. The molecule has 0 radical (unpaired) electrons. The molecule has 0 heterocycles. The van der Waals surface area contributed by atoms with Crippen molar-refractivity contribution in [2.24, 2.45) is 0 Å². The molecule has 0 amide bonds. The van der Waals surface area contributed by atoms with Gasteiger partial charge >= 0.3 is 27.3 Å². The lowest BCUT2D eigenvalue weighted by Gasteiger charge is -2.11. The normalized spacial score (nSPS) is 12.6. The molecule has 0 unspecified atom stereocenters. The van der Waals surface area contributed by atoms with Crippen molar-refractivity contribution in [3.63, 3.8) is 0 Å². The molecule has 12 heteroatoms. The zero-order chi connectivity index (χ0) is 19.4. The number of hydrogen-bond donors (Lipinski definition) is 0. The molecule has 0 fully saturated rings. The SMILES string of the molecule is C/C=C(\C)C(=O)OCc1ccc([N+](=O)[O-])c(OS(=O)(=O)C(F)(F)F)c1. The number of benzene rings is 1. The Morgan fingerprint density at radius 1 is 1.36 bits per heavy atom. The quantitative estimate of drug-likeness (QED) is 0.185. The minimum Gasteiger partial charge on any atom is -0.457 e. The summed E-state index contributed by atoms with van der Waals surface area (Å²) in [4.78, 5) is 21.2. The number of alkyl halides is 3. The van der Waals surface area contributed by atoms with Crippen molar-refractivity contribution in [2.45, 2.75) is 26.0 Å². The first kappa shape index (κ1) is 20.4. The number of rotatable bonds is 6. The maximum atomic E-state index is 12.4. The Hall–Kier alpha value is -2.63. The van der Waals surface area contributed by atoms with Crippen LogP contribution in [0.5, 0.6) is 5.75 Å². The van der Waals surface area contributed by atoms with Gasteiger partial charge in [-0.1, -0.05) is 6.08 Å². The van der Waals surface area contributed by atoms with E-state index in [2.05, 4.69) is 4.18 Å². The van der Waals surface area contributed by atoms with Gasteiger partial charge in [-0.2, -0.15) is 21.6 Å². The predicted octanol–water partition coefficient (Wildman–Crippen LogP) is 2.83. The summed E-state index contributed by atoms with van der Waals surface area (Å²) < 4.78 is 67.9. The van der Waals surface area contributed by atoms with Gasteiger partial charge in [0.25, 0.3) is 0 Å². The molecular formula is C13H12F3NO7S. The number of nitro groups is 1. The third-order valence-corrected chi connectivity index (χ3v) is 3.79. The van der Waals surface area contributed by atoms with Crippen molar-refractivity contribution in [3.05, 3.63) is 45.5 Å². The monoisotopic (exact) mass is 383 g/mol. The molecule has 0 aliphatic heterocycles. The van der Waals surface area contributed by atoms with Gasteiger partial charge in [0.2, 0.25) is 5.75 Å². The summed E-state index contributed by atoms with van der Waals surface area (Å²) in [6, 6.07) is 2.51. The molecule has 0 spiro atoms. The Kier molecular flexibility index (Phi) is 6.13. The van der Waals surface area contributed by atoms with Crippen LogP contribution in [-0.4, -0.2) is 24.8 Å². The fourth-order valence-corrected chi connectivity index (χ4v) is 1.88. The van der Waals surface area contributed by atoms with E-state index in [0.29, 0.717) is 6.07 Å². The lowest BCUT2D eigenvalue weighted by atomic mass is 10.2. The van der Waals surface area contributed by atoms with Gasteiger partial charge in [-0.15, -0.1) is 0 Å². The first-order chi connectivity index (χ1) is 11.4. The highest BCUT2D eigenvalue weighted by molar-refractivity contribution is 7.88. The zero-order valence-corrected chi connectivity index (χ0v) is 13.7. The molecule has 0 bridgehead atoms. The number of nitro benzene ring substituents is 1. The van der Waals surface area contributed by atoms with Crippen molar-refractivity contribution < 1.29 is 40.2 Å². The minimum absolute atomic E-state index is 0.00442. The second-order valence-electron chi connectivity index (χ2n) is 4.59. The molecule has 25 heavy (non-hydrogen) atoms. The zero-order valence-electron chi connectivity index (χ0n) is 12.9. The van der Waals surface area contributed by atoms with Crippen molar-refractivity contribution in [1.82, 2.24) is 0 Å². The number of allylic oxidation sites excluding steroid dienone is 1. The number of carbonyl (C=O) groups excluding carboxylic acids is 1. The standard InChI is InChI=1S/C13H12F3NO7S/c1-3-8(2)12(18)23-7-9-4-5-10(17(19)20)11(6-9)24-25(21,22)13(14,15)16/h3-6H,7H2,1-2H3/b8-3+. The van der Waals surface area contributed by atoms with Gasteiger partial charge < -0.3 is 8.92 Å². The summed E-state index contributed by atoms with van der Waals surface area (Å²) in [5, 5.41) is 10.8. The van der Waals surface area contributed by atoms with Gasteiger partial charge in [0, 0.05) is 11.6 Å². The maximum Gasteiger partial charge on any atom is 0.534 e. The number of ether oxygens (including phenoxy) is 1. The Morgan fingerprint density at radius 3 is 2.44 bits per heavy atom. The van der Waals surface area contributed by atoms with E-state index < -0.39 is 44.6 Å². The molecule has 0 saturated heterocycles. The van der Waals surface area contributed by atoms with E-state index in [4.69, 9.17) is 4.74 Å². The Bertz CT molecular complexity index is 815. The largest absolute Gasteiger partial charge is 0.534 e. The summed E-state index contributed by atoms with van der Waals surface area (Å²) in [5.41, 5.74) is -6.49. The molecule has 138 valence electrons. The van der Waals surface area contributed by atoms with Crippen molar-refractivity contribution in [1.29, 1.82) is 0 Å². The van der Waals surface area contributed by atoms with Gasteiger partial charge in [-0.25, -0.2) is 4.79 Å². The maximum absolute atomic E-state index is 12.4. The van der Waals surface area contributed by atoms with E-state index >= 15 is 0 Å². The minimum atomic E-state index is -6.09. The second kappa shape index (κ2) is 7.51. The van der Waals surface area contributed by atoms with Crippen LogP contribution in [0.2, 0.25) is 0 Å². The number of nitrogens with zero attached hydrogens (tertiary/aromatic N) is 1. The smallest absolute Gasteiger partial charge is 0.457 e. The van der Waals surface area contributed by atoms with E-state index in [1.807, 2.05) is 0 Å². The molecule has 0 saturated carbocycles. The summed E-state index contributed by atoms with van der Waals surface area (Å²) in [6.07, 6.45) is 1.46. The Morgan fingerprint density at radius 2 is 1.96 bits per heavy atom. The summed E-state index contributed by atoms with van der Waals surface area (Å²) in [7, 11) is -6.09. The van der Waals surface area contributed by atoms with E-state index in [1.54, 1.807) is 6.92 Å². The molecule has 8 nitrogen and oxygen atoms in total. The highest BCUT2D eigenvalue weighted by Crippen LogP contribution is 2.33. The van der Waals surface area contributed by atoms with Crippen molar-refractivity contribution in [2.75, 3.05) is 0 Å².